The van der Waals surface area contributed by atoms with Crippen molar-refractivity contribution in [1.82, 2.24) is 10.3 Å². The Balaban J connectivity index is 1.97. The summed E-state index contributed by atoms with van der Waals surface area (Å²) >= 11 is 3.27. The van der Waals surface area contributed by atoms with Gasteiger partial charge >= 0.3 is 0 Å². The van der Waals surface area contributed by atoms with Gasteiger partial charge in [0.15, 0.2) is 0 Å². The molecule has 0 amide bonds. The molecule has 1 saturated heterocycles. The highest BCUT2D eigenvalue weighted by Crippen LogP contribution is 2.42. The van der Waals surface area contributed by atoms with Crippen LogP contribution >= 0.6 is 15.9 Å². The predicted octanol–water partition coefficient (Wildman–Crippen LogP) is 1.95. The number of hydrogen-bond acceptors (Lipinski definition) is 3. The molecule has 3 nitrogen and oxygen atoms in total. The average molecular weight is 276 g/mol. The van der Waals surface area contributed by atoms with Crippen molar-refractivity contribution < 1.29 is 0 Å². The highest BCUT2D eigenvalue weighted by atomic mass is 79.9. The van der Waals surface area contributed by atoms with E-state index >= 15 is 0 Å². The monoisotopic (exact) mass is 275 g/mol. The number of halogens is 1. The molecule has 1 fully saturated rings. The summed E-state index contributed by atoms with van der Waals surface area (Å²) in [5.74, 6) is 1.30. The van der Waals surface area contributed by atoms with Crippen LogP contribution in [0.4, 0.5) is 0 Å². The second kappa shape index (κ2) is 3.69. The average Bonchev–Trinajstić information content (AvgIpc) is 2.63. The second-order valence-corrected chi connectivity index (χ2v) is 4.98. The first-order valence-corrected chi connectivity index (χ1v) is 6.07. The number of pyridine rings is 1. The molecule has 1 aliphatic carbocycles. The van der Waals surface area contributed by atoms with Crippen LogP contribution in [0.25, 0.3) is 5.57 Å². The summed E-state index contributed by atoms with van der Waals surface area (Å²) in [6.45, 7) is 2.14. The molecule has 1 aliphatic heterocycles. The lowest BCUT2D eigenvalue weighted by Crippen LogP contribution is -2.22. The van der Waals surface area contributed by atoms with Crippen LogP contribution in [0, 0.1) is 23.2 Å². The first-order valence-electron chi connectivity index (χ1n) is 5.28. The molecule has 0 bridgehead atoms. The Hall–Kier alpha value is -1.18. The van der Waals surface area contributed by atoms with Gasteiger partial charge in [-0.2, -0.15) is 5.26 Å². The Morgan fingerprint density at radius 3 is 3.12 bits per heavy atom. The van der Waals surface area contributed by atoms with Crippen LogP contribution in [0.5, 0.6) is 0 Å². The van der Waals surface area contributed by atoms with Crippen LogP contribution in [-0.2, 0) is 0 Å². The lowest BCUT2D eigenvalue weighted by atomic mass is 9.74. The van der Waals surface area contributed by atoms with Gasteiger partial charge in [-0.25, -0.2) is 4.98 Å². The fraction of sp³-hybridized carbons (Fsp3) is 0.333. The Kier molecular flexibility index (Phi) is 2.31. The van der Waals surface area contributed by atoms with Gasteiger partial charge in [0.1, 0.15) is 10.7 Å². The molecule has 0 saturated carbocycles. The zero-order chi connectivity index (χ0) is 11.1. The number of nitriles is 1. The van der Waals surface area contributed by atoms with Crippen molar-refractivity contribution in [2.75, 3.05) is 13.1 Å². The third-order valence-corrected chi connectivity index (χ3v) is 3.98. The normalized spacial score (nSPS) is 26.6. The van der Waals surface area contributed by atoms with E-state index in [1.54, 1.807) is 0 Å². The van der Waals surface area contributed by atoms with Crippen molar-refractivity contribution >= 4 is 21.5 Å². The number of hydrogen-bond donors (Lipinski definition) is 1. The molecule has 80 valence electrons. The minimum absolute atomic E-state index is 0.604. The topological polar surface area (TPSA) is 48.7 Å². The molecule has 16 heavy (non-hydrogen) atoms. The lowest BCUT2D eigenvalue weighted by molar-refractivity contribution is 0.564. The van der Waals surface area contributed by atoms with Gasteiger partial charge in [-0.05, 0) is 39.1 Å². The molecule has 2 atom stereocenters. The van der Waals surface area contributed by atoms with Gasteiger partial charge in [-0.3, -0.25) is 0 Å². The maximum absolute atomic E-state index is 8.95. The molecule has 3 rings (SSSR count). The molecule has 2 heterocycles. The van der Waals surface area contributed by atoms with E-state index in [0.29, 0.717) is 22.0 Å². The molecular weight excluding hydrogens is 266 g/mol. The van der Waals surface area contributed by atoms with Crippen molar-refractivity contribution in [1.29, 1.82) is 5.26 Å². The first-order chi connectivity index (χ1) is 7.79. The van der Waals surface area contributed by atoms with E-state index in [0.717, 1.165) is 18.7 Å². The Morgan fingerprint density at radius 1 is 1.50 bits per heavy atom. The van der Waals surface area contributed by atoms with Gasteiger partial charge in [0.25, 0.3) is 0 Å². The molecule has 2 aliphatic rings. The fourth-order valence-electron chi connectivity index (χ4n) is 2.45. The third-order valence-electron chi connectivity index (χ3n) is 3.35. The minimum atomic E-state index is 0.604. The summed E-state index contributed by atoms with van der Waals surface area (Å²) in [5.41, 5.74) is 3.03. The van der Waals surface area contributed by atoms with Crippen LogP contribution in [0.15, 0.2) is 22.9 Å². The van der Waals surface area contributed by atoms with Crippen molar-refractivity contribution in [2.24, 2.45) is 11.8 Å². The lowest BCUT2D eigenvalue weighted by Gasteiger charge is -2.29. The van der Waals surface area contributed by atoms with Crippen LogP contribution in [-0.4, -0.2) is 18.1 Å². The van der Waals surface area contributed by atoms with Crippen molar-refractivity contribution in [3.05, 3.63) is 34.1 Å². The van der Waals surface area contributed by atoms with E-state index in [4.69, 9.17) is 5.26 Å². The van der Waals surface area contributed by atoms with Crippen LogP contribution < -0.4 is 5.32 Å². The summed E-state index contributed by atoms with van der Waals surface area (Å²) in [6, 6.07) is 4.06. The van der Waals surface area contributed by atoms with Gasteiger partial charge in [0.2, 0.25) is 0 Å². The highest BCUT2D eigenvalue weighted by molar-refractivity contribution is 9.10. The molecule has 0 unspecified atom stereocenters. The number of rotatable bonds is 1. The number of nitrogens with zero attached hydrogens (tertiary/aromatic N) is 2. The molecule has 0 aromatic carbocycles. The molecule has 1 aromatic rings. The minimum Gasteiger partial charge on any atom is -0.315 e. The van der Waals surface area contributed by atoms with E-state index in [9.17, 15) is 0 Å². The predicted molar refractivity (Wildman–Crippen MR) is 64.5 cm³/mol. The first kappa shape index (κ1) is 10.0. The maximum atomic E-state index is 8.95. The molecule has 0 spiro atoms. The van der Waals surface area contributed by atoms with Crippen LogP contribution in [0.3, 0.4) is 0 Å². The van der Waals surface area contributed by atoms with Crippen LogP contribution in [0.2, 0.25) is 0 Å². The zero-order valence-electron chi connectivity index (χ0n) is 8.57. The number of aromatic nitrogens is 1. The largest absolute Gasteiger partial charge is 0.315 e. The summed E-state index contributed by atoms with van der Waals surface area (Å²) < 4.78 is 0.625. The van der Waals surface area contributed by atoms with E-state index in [-0.39, 0.29) is 0 Å². The SMILES string of the molecule is N#Cc1cc(C2=C[C@@H]3CNC[C@H]23)cnc1Br. The summed E-state index contributed by atoms with van der Waals surface area (Å²) in [6.07, 6.45) is 4.13. The van der Waals surface area contributed by atoms with E-state index < -0.39 is 0 Å². The standard InChI is InChI=1S/C12H10BrN3/c13-12-7(3-14)1-8(5-16-12)10-2-9-4-15-6-11(9)10/h1-2,5,9,11,15H,4,6H2/t9-,11+/m1/s1. The van der Waals surface area contributed by atoms with Crippen molar-refractivity contribution in [3.63, 3.8) is 0 Å². The molecular formula is C12H10BrN3. The van der Waals surface area contributed by atoms with Gasteiger partial charge in [-0.1, -0.05) is 6.08 Å². The smallest absolute Gasteiger partial charge is 0.123 e. The fourth-order valence-corrected chi connectivity index (χ4v) is 2.75. The molecule has 1 N–H and O–H groups in total. The Bertz CT molecular complexity index is 515. The quantitative estimate of drug-likeness (QED) is 0.797. The molecule has 1 aromatic heterocycles. The van der Waals surface area contributed by atoms with E-state index in [2.05, 4.69) is 38.4 Å². The van der Waals surface area contributed by atoms with Gasteiger partial charge in [-0.15, -0.1) is 0 Å². The van der Waals surface area contributed by atoms with Crippen LogP contribution in [0.1, 0.15) is 11.1 Å². The van der Waals surface area contributed by atoms with Gasteiger partial charge < -0.3 is 5.32 Å². The molecule has 4 heteroatoms. The van der Waals surface area contributed by atoms with E-state index in [1.165, 1.54) is 5.57 Å². The maximum Gasteiger partial charge on any atom is 0.123 e. The zero-order valence-corrected chi connectivity index (χ0v) is 10.2. The Morgan fingerprint density at radius 2 is 2.38 bits per heavy atom. The Labute approximate surface area is 102 Å². The van der Waals surface area contributed by atoms with Crippen molar-refractivity contribution in [3.8, 4) is 6.07 Å². The summed E-state index contributed by atoms with van der Waals surface area (Å²) in [5, 5.41) is 12.3. The van der Waals surface area contributed by atoms with Crippen molar-refractivity contribution in [2.45, 2.75) is 0 Å². The van der Waals surface area contributed by atoms with E-state index in [1.807, 2.05) is 12.3 Å². The molecule has 0 radical (unpaired) electrons. The van der Waals surface area contributed by atoms with Gasteiger partial charge in [0.05, 0.1) is 5.56 Å². The number of nitrogens with one attached hydrogen (secondary N) is 1. The highest BCUT2D eigenvalue weighted by Gasteiger charge is 2.36. The summed E-state index contributed by atoms with van der Waals surface area (Å²) in [4.78, 5) is 4.20. The van der Waals surface area contributed by atoms with Gasteiger partial charge in [0, 0.05) is 25.2 Å². The third kappa shape index (κ3) is 1.40. The number of fused-ring (bicyclic) bond motifs is 1. The summed E-state index contributed by atoms with van der Waals surface area (Å²) in [7, 11) is 0. The second-order valence-electron chi connectivity index (χ2n) is 4.22.